The van der Waals surface area contributed by atoms with Crippen LogP contribution < -0.4 is 0 Å². The minimum atomic E-state index is -1.60. The SMILES string of the molecule is C[C@@H]1CC[C@@]2(OC1)O[C@@H]1C[C@@H]3[C@@H]4CC=C5C[C@@H](O)C[C@@H](O[C@@H]6OC[C@H](O)[C@H](O)[C@@H]6O[C@@H]6O[C@H](C)[C@H](O)[C@H](O)[C@@H]6O)[C@]5(C)[C@@H]4CC[C@]3(C)[C@H]1[C@H]2C. The highest BCUT2D eigenvalue weighted by molar-refractivity contribution is 5.28. The molecule has 4 aliphatic heterocycles. The van der Waals surface area contributed by atoms with Crippen LogP contribution in [0.2, 0.25) is 0 Å². The van der Waals surface area contributed by atoms with Gasteiger partial charge in [-0.2, -0.15) is 0 Å². The Balaban J connectivity index is 1.04. The number of ether oxygens (including phenoxy) is 6. The molecule has 4 aliphatic carbocycles. The van der Waals surface area contributed by atoms with Crippen LogP contribution in [0.5, 0.6) is 0 Å². The number of aliphatic hydroxyl groups is 6. The van der Waals surface area contributed by atoms with E-state index in [1.165, 1.54) is 5.57 Å². The molecule has 12 nitrogen and oxygen atoms in total. The molecule has 1 spiro atoms. The highest BCUT2D eigenvalue weighted by Gasteiger charge is 2.69. The normalized spacial score (nSPS) is 59.3. The van der Waals surface area contributed by atoms with Crippen molar-refractivity contribution in [1.29, 1.82) is 0 Å². The highest BCUT2D eigenvalue weighted by Crippen LogP contribution is 2.71. The van der Waals surface area contributed by atoms with Gasteiger partial charge in [-0.15, -0.1) is 0 Å². The zero-order valence-electron chi connectivity index (χ0n) is 30.2. The van der Waals surface area contributed by atoms with Gasteiger partial charge in [0.05, 0.1) is 37.6 Å². The lowest BCUT2D eigenvalue weighted by atomic mass is 9.46. The predicted octanol–water partition coefficient (Wildman–Crippen LogP) is 2.00. The van der Waals surface area contributed by atoms with E-state index in [0.29, 0.717) is 48.3 Å². The van der Waals surface area contributed by atoms with E-state index < -0.39 is 78.7 Å². The summed E-state index contributed by atoms with van der Waals surface area (Å²) in [5.74, 6) is 2.08. The lowest BCUT2D eigenvalue weighted by Crippen LogP contribution is -2.63. The minimum Gasteiger partial charge on any atom is -0.393 e. The van der Waals surface area contributed by atoms with Crippen molar-refractivity contribution in [2.45, 2.75) is 165 Å². The number of hydrogen-bond acceptors (Lipinski definition) is 12. The Kier molecular flexibility index (Phi) is 9.38. The molecule has 0 amide bonds. The molecule has 0 radical (unpaired) electrons. The third-order valence-electron chi connectivity index (χ3n) is 15.2. The maximum Gasteiger partial charge on any atom is 0.187 e. The number of hydrogen-bond donors (Lipinski definition) is 6. The van der Waals surface area contributed by atoms with Crippen LogP contribution in [0, 0.1) is 46.3 Å². The summed E-state index contributed by atoms with van der Waals surface area (Å²) in [5, 5.41) is 64.1. The van der Waals surface area contributed by atoms with Gasteiger partial charge in [0.1, 0.15) is 36.6 Å². The van der Waals surface area contributed by atoms with E-state index in [2.05, 4.69) is 33.8 Å². The van der Waals surface area contributed by atoms with Gasteiger partial charge in [0, 0.05) is 24.2 Å². The highest BCUT2D eigenvalue weighted by atomic mass is 16.8. The van der Waals surface area contributed by atoms with Crippen molar-refractivity contribution in [3.05, 3.63) is 11.6 Å². The van der Waals surface area contributed by atoms with Crippen molar-refractivity contribution in [2.75, 3.05) is 13.2 Å². The molecule has 4 heterocycles. The van der Waals surface area contributed by atoms with E-state index >= 15 is 0 Å². The standard InChI is InChI=1S/C38H60O12/c1-17-8-11-38(46-15-17)18(2)28-26(50-38)14-24-22-7-6-20-12-21(39)13-27(37(20,5)23(22)9-10-36(24,28)4)48-35-33(30(42)25(40)16-45-35)49-34-32(44)31(43)29(41)19(3)47-34/h6,17-19,21-35,39-44H,7-16H2,1-5H3/t17-,18-,19-,21-,22-,23-,24-,25+,26-,27-,28+,29+,30+,31+,32+,33+,34+,35+,36+,37+,38-/m1/s1. The molecule has 0 aromatic heterocycles. The van der Waals surface area contributed by atoms with Gasteiger partial charge in [0.25, 0.3) is 0 Å². The maximum atomic E-state index is 11.1. The third-order valence-corrected chi connectivity index (χ3v) is 15.2. The van der Waals surface area contributed by atoms with Crippen LogP contribution in [0.4, 0.5) is 0 Å². The fourth-order valence-electron chi connectivity index (χ4n) is 12.4. The van der Waals surface area contributed by atoms with Gasteiger partial charge in [0.2, 0.25) is 0 Å². The summed E-state index contributed by atoms with van der Waals surface area (Å²) in [6.07, 6.45) is -3.26. The zero-order valence-corrected chi connectivity index (χ0v) is 30.2. The summed E-state index contributed by atoms with van der Waals surface area (Å²) in [6.45, 7) is 11.5. The zero-order chi connectivity index (χ0) is 35.5. The molecule has 50 heavy (non-hydrogen) atoms. The number of aliphatic hydroxyl groups excluding tert-OH is 6. The van der Waals surface area contributed by atoms with Crippen molar-refractivity contribution in [3.8, 4) is 0 Å². The average molecular weight is 709 g/mol. The van der Waals surface area contributed by atoms with E-state index in [4.69, 9.17) is 28.4 Å². The van der Waals surface area contributed by atoms with Crippen LogP contribution in [0.3, 0.4) is 0 Å². The molecule has 8 rings (SSSR count). The Morgan fingerprint density at radius 1 is 0.820 bits per heavy atom. The van der Waals surface area contributed by atoms with Gasteiger partial charge in [-0.25, -0.2) is 0 Å². The molecule has 12 heteroatoms. The van der Waals surface area contributed by atoms with E-state index in [1.54, 1.807) is 6.92 Å². The Morgan fingerprint density at radius 3 is 2.34 bits per heavy atom. The van der Waals surface area contributed by atoms with Crippen molar-refractivity contribution >= 4 is 0 Å². The van der Waals surface area contributed by atoms with Crippen LogP contribution >= 0.6 is 0 Å². The monoisotopic (exact) mass is 708 g/mol. The van der Waals surface area contributed by atoms with Gasteiger partial charge >= 0.3 is 0 Å². The molecule has 0 aromatic rings. The summed E-state index contributed by atoms with van der Waals surface area (Å²) in [7, 11) is 0. The molecule has 284 valence electrons. The van der Waals surface area contributed by atoms with Crippen molar-refractivity contribution in [3.63, 3.8) is 0 Å². The van der Waals surface area contributed by atoms with Crippen molar-refractivity contribution in [1.82, 2.24) is 0 Å². The molecule has 0 aromatic carbocycles. The van der Waals surface area contributed by atoms with Crippen LogP contribution in [-0.2, 0) is 28.4 Å². The van der Waals surface area contributed by atoms with Gasteiger partial charge < -0.3 is 59.1 Å². The average Bonchev–Trinajstić information content (AvgIpc) is 3.53. The van der Waals surface area contributed by atoms with Crippen LogP contribution in [-0.4, -0.2) is 123 Å². The molecular formula is C38H60O12. The fraction of sp³-hybridized carbons (Fsp3) is 0.947. The lowest BCUT2D eigenvalue weighted by molar-refractivity contribution is -0.362. The van der Waals surface area contributed by atoms with E-state index in [1.807, 2.05) is 0 Å². The third kappa shape index (κ3) is 5.45. The Bertz CT molecular complexity index is 1290. The lowest BCUT2D eigenvalue weighted by Gasteiger charge is -2.60. The van der Waals surface area contributed by atoms with Crippen molar-refractivity contribution in [2.24, 2.45) is 46.3 Å². The van der Waals surface area contributed by atoms with Crippen LogP contribution in [0.25, 0.3) is 0 Å². The predicted molar refractivity (Wildman–Crippen MR) is 177 cm³/mol. The van der Waals surface area contributed by atoms with E-state index in [9.17, 15) is 30.6 Å². The molecule has 0 bridgehead atoms. The summed E-state index contributed by atoms with van der Waals surface area (Å²) in [6, 6.07) is 0. The quantitative estimate of drug-likeness (QED) is 0.235. The first-order valence-electron chi connectivity index (χ1n) is 19.4. The first-order valence-corrected chi connectivity index (χ1v) is 19.4. The summed E-state index contributed by atoms with van der Waals surface area (Å²) in [5.41, 5.74) is 0.917. The summed E-state index contributed by atoms with van der Waals surface area (Å²) >= 11 is 0. The second kappa shape index (κ2) is 12.9. The Morgan fingerprint density at radius 2 is 1.60 bits per heavy atom. The Labute approximate surface area is 295 Å². The first kappa shape index (κ1) is 36.2. The number of fused-ring (bicyclic) bond motifs is 7. The van der Waals surface area contributed by atoms with Gasteiger partial charge in [-0.3, -0.25) is 0 Å². The second-order valence-electron chi connectivity index (χ2n) is 17.9. The number of allylic oxidation sites excluding steroid dienone is 1. The summed E-state index contributed by atoms with van der Waals surface area (Å²) < 4.78 is 38.0. The molecule has 8 aliphatic rings. The molecule has 6 N–H and O–H groups in total. The van der Waals surface area contributed by atoms with Gasteiger partial charge in [-0.05, 0) is 80.5 Å². The second-order valence-corrected chi connectivity index (χ2v) is 17.9. The topological polar surface area (TPSA) is 177 Å². The van der Waals surface area contributed by atoms with Gasteiger partial charge in [0.15, 0.2) is 18.4 Å². The summed E-state index contributed by atoms with van der Waals surface area (Å²) in [4.78, 5) is 0. The molecule has 0 unspecified atom stereocenters. The molecule has 3 saturated carbocycles. The first-order chi connectivity index (χ1) is 23.7. The maximum absolute atomic E-state index is 11.1. The fourth-order valence-corrected chi connectivity index (χ4v) is 12.4. The minimum absolute atomic E-state index is 0.134. The molecule has 7 fully saturated rings. The molecule has 21 atom stereocenters. The van der Waals surface area contributed by atoms with Crippen molar-refractivity contribution < 1.29 is 59.1 Å². The van der Waals surface area contributed by atoms with Crippen LogP contribution in [0.15, 0.2) is 11.6 Å². The van der Waals surface area contributed by atoms with Gasteiger partial charge in [-0.1, -0.05) is 39.3 Å². The Hall–Kier alpha value is -0.740. The van der Waals surface area contributed by atoms with E-state index in [0.717, 1.165) is 45.1 Å². The molecule has 4 saturated heterocycles. The van der Waals surface area contributed by atoms with E-state index in [-0.39, 0.29) is 18.1 Å². The van der Waals surface area contributed by atoms with Crippen LogP contribution in [0.1, 0.15) is 86.0 Å². The number of rotatable bonds is 4. The smallest absolute Gasteiger partial charge is 0.187 e. The molecular weight excluding hydrogens is 648 g/mol. The largest absolute Gasteiger partial charge is 0.393 e.